The SMILES string of the molecule is O=C(CCC(=O)OCC(=O)c1ccc(-c2ccccc2)cc1)Nc1cc(C(F)(F)F)ccc1Cl. The molecule has 0 spiro atoms. The number of nitrogens with one attached hydrogen (secondary N) is 1. The fourth-order valence-corrected chi connectivity index (χ4v) is 3.17. The minimum atomic E-state index is -4.59. The largest absolute Gasteiger partial charge is 0.457 e. The summed E-state index contributed by atoms with van der Waals surface area (Å²) in [5.41, 5.74) is 1.11. The van der Waals surface area contributed by atoms with Crippen LogP contribution in [0.15, 0.2) is 72.8 Å². The predicted octanol–water partition coefficient (Wildman–Crippen LogP) is 6.17. The summed E-state index contributed by atoms with van der Waals surface area (Å²) >= 11 is 5.83. The highest BCUT2D eigenvalue weighted by Gasteiger charge is 2.31. The summed E-state index contributed by atoms with van der Waals surface area (Å²) in [5, 5.41) is 2.17. The van der Waals surface area contributed by atoms with Gasteiger partial charge in [-0.05, 0) is 29.3 Å². The summed E-state index contributed by atoms with van der Waals surface area (Å²) in [4.78, 5) is 36.2. The van der Waals surface area contributed by atoms with Gasteiger partial charge >= 0.3 is 12.1 Å². The molecule has 0 bridgehead atoms. The average molecular weight is 490 g/mol. The van der Waals surface area contributed by atoms with Crippen LogP contribution < -0.4 is 5.32 Å². The molecule has 1 amide bonds. The number of alkyl halides is 3. The Balaban J connectivity index is 1.46. The Morgan fingerprint density at radius 2 is 1.50 bits per heavy atom. The van der Waals surface area contributed by atoms with Crippen LogP contribution in [0.25, 0.3) is 11.1 Å². The molecule has 3 aromatic rings. The summed E-state index contributed by atoms with van der Waals surface area (Å²) in [7, 11) is 0. The Hall–Kier alpha value is -3.65. The lowest BCUT2D eigenvalue weighted by atomic mass is 10.0. The molecular weight excluding hydrogens is 471 g/mol. The van der Waals surface area contributed by atoms with Gasteiger partial charge in [0.2, 0.25) is 5.91 Å². The summed E-state index contributed by atoms with van der Waals surface area (Å²) in [6.45, 7) is -0.495. The van der Waals surface area contributed by atoms with Crippen LogP contribution in [0.2, 0.25) is 5.02 Å². The molecule has 0 saturated carbocycles. The Bertz CT molecular complexity index is 1180. The lowest BCUT2D eigenvalue weighted by Gasteiger charge is -2.11. The van der Waals surface area contributed by atoms with Gasteiger partial charge in [-0.2, -0.15) is 13.2 Å². The number of carbonyl (C=O) groups is 3. The first kappa shape index (κ1) is 25.0. The number of hydrogen-bond acceptors (Lipinski definition) is 4. The molecule has 0 unspecified atom stereocenters. The van der Waals surface area contributed by atoms with Gasteiger partial charge in [0.1, 0.15) is 0 Å². The van der Waals surface area contributed by atoms with Crippen molar-refractivity contribution in [1.82, 2.24) is 0 Å². The number of benzene rings is 3. The van der Waals surface area contributed by atoms with Gasteiger partial charge in [0.15, 0.2) is 12.4 Å². The second-order valence-corrected chi connectivity index (χ2v) is 7.67. The van der Waals surface area contributed by atoms with Crippen LogP contribution in [0.3, 0.4) is 0 Å². The van der Waals surface area contributed by atoms with Crippen LogP contribution in [0, 0.1) is 0 Å². The zero-order valence-electron chi connectivity index (χ0n) is 17.7. The van der Waals surface area contributed by atoms with Gasteiger partial charge in [-0.15, -0.1) is 0 Å². The fraction of sp³-hybridized carbons (Fsp3) is 0.160. The van der Waals surface area contributed by atoms with Crippen molar-refractivity contribution in [2.45, 2.75) is 19.0 Å². The van der Waals surface area contributed by atoms with Gasteiger partial charge in [0, 0.05) is 12.0 Å². The minimum absolute atomic E-state index is 0.0761. The fourth-order valence-electron chi connectivity index (χ4n) is 3.01. The number of ketones is 1. The lowest BCUT2D eigenvalue weighted by Crippen LogP contribution is -2.18. The van der Waals surface area contributed by atoms with Crippen LogP contribution in [-0.4, -0.2) is 24.3 Å². The topological polar surface area (TPSA) is 72.5 Å². The van der Waals surface area contributed by atoms with E-state index in [0.717, 1.165) is 23.3 Å². The van der Waals surface area contributed by atoms with Crippen molar-refractivity contribution in [1.29, 1.82) is 0 Å². The van der Waals surface area contributed by atoms with Gasteiger partial charge in [0.25, 0.3) is 0 Å². The first-order valence-electron chi connectivity index (χ1n) is 10.1. The maximum Gasteiger partial charge on any atom is 0.416 e. The van der Waals surface area contributed by atoms with Gasteiger partial charge in [-0.1, -0.05) is 66.2 Å². The number of carbonyl (C=O) groups excluding carboxylic acids is 3. The third-order valence-corrected chi connectivity index (χ3v) is 5.13. The quantitative estimate of drug-likeness (QED) is 0.303. The lowest BCUT2D eigenvalue weighted by molar-refractivity contribution is -0.143. The molecule has 0 heterocycles. The Morgan fingerprint density at radius 3 is 2.15 bits per heavy atom. The van der Waals surface area contributed by atoms with Gasteiger partial charge in [-0.3, -0.25) is 14.4 Å². The van der Waals surface area contributed by atoms with Crippen LogP contribution in [0.1, 0.15) is 28.8 Å². The molecule has 0 aromatic heterocycles. The molecule has 5 nitrogen and oxygen atoms in total. The monoisotopic (exact) mass is 489 g/mol. The van der Waals surface area contributed by atoms with Crippen molar-refractivity contribution in [2.75, 3.05) is 11.9 Å². The third kappa shape index (κ3) is 6.92. The number of amides is 1. The van der Waals surface area contributed by atoms with Crippen LogP contribution in [0.4, 0.5) is 18.9 Å². The number of anilines is 1. The van der Waals surface area contributed by atoms with E-state index in [9.17, 15) is 27.6 Å². The summed E-state index contributed by atoms with van der Waals surface area (Å²) < 4.78 is 43.4. The molecule has 9 heteroatoms. The van der Waals surface area contributed by atoms with E-state index in [4.69, 9.17) is 16.3 Å². The molecule has 176 valence electrons. The second-order valence-electron chi connectivity index (χ2n) is 7.27. The molecular formula is C25H19ClF3NO4. The molecule has 0 saturated heterocycles. The highest BCUT2D eigenvalue weighted by atomic mass is 35.5. The van der Waals surface area contributed by atoms with E-state index in [1.165, 1.54) is 0 Å². The van der Waals surface area contributed by atoms with Crippen molar-refractivity contribution in [3.8, 4) is 11.1 Å². The molecule has 0 radical (unpaired) electrons. The van der Waals surface area contributed by atoms with Gasteiger partial charge < -0.3 is 10.1 Å². The van der Waals surface area contributed by atoms with Crippen molar-refractivity contribution in [2.24, 2.45) is 0 Å². The summed E-state index contributed by atoms with van der Waals surface area (Å²) in [5.74, 6) is -1.92. The van der Waals surface area contributed by atoms with Crippen molar-refractivity contribution >= 4 is 34.9 Å². The smallest absolute Gasteiger partial charge is 0.416 e. The van der Waals surface area contributed by atoms with E-state index in [0.29, 0.717) is 11.6 Å². The number of esters is 1. The first-order valence-corrected chi connectivity index (χ1v) is 10.5. The number of rotatable bonds is 8. The zero-order valence-corrected chi connectivity index (χ0v) is 18.5. The van der Waals surface area contributed by atoms with E-state index in [2.05, 4.69) is 5.32 Å². The second kappa shape index (κ2) is 11.0. The molecule has 1 N–H and O–H groups in total. The molecule has 34 heavy (non-hydrogen) atoms. The Morgan fingerprint density at radius 1 is 0.853 bits per heavy atom. The Kier molecular flexibility index (Phi) is 8.07. The highest BCUT2D eigenvalue weighted by Crippen LogP contribution is 2.33. The molecule has 0 aliphatic carbocycles. The molecule has 3 aromatic carbocycles. The molecule has 0 aliphatic heterocycles. The van der Waals surface area contributed by atoms with E-state index in [-0.39, 0.29) is 23.6 Å². The summed E-state index contributed by atoms with van der Waals surface area (Å²) in [6, 6.07) is 18.9. The van der Waals surface area contributed by atoms with E-state index >= 15 is 0 Å². The van der Waals surface area contributed by atoms with Crippen molar-refractivity contribution in [3.05, 3.63) is 88.9 Å². The number of hydrogen-bond donors (Lipinski definition) is 1. The predicted molar refractivity (Wildman–Crippen MR) is 121 cm³/mol. The number of ether oxygens (including phenoxy) is 1. The van der Waals surface area contributed by atoms with E-state index in [1.54, 1.807) is 24.3 Å². The molecule has 0 atom stereocenters. The van der Waals surface area contributed by atoms with Crippen molar-refractivity contribution in [3.63, 3.8) is 0 Å². The average Bonchev–Trinajstić information content (AvgIpc) is 2.82. The van der Waals surface area contributed by atoms with Crippen LogP contribution in [0.5, 0.6) is 0 Å². The van der Waals surface area contributed by atoms with Gasteiger partial charge in [0.05, 0.1) is 22.7 Å². The molecule has 0 fully saturated rings. The van der Waals surface area contributed by atoms with Crippen LogP contribution >= 0.6 is 11.6 Å². The standard InChI is InChI=1S/C25H19ClF3NO4/c26-20-11-10-19(25(27,28)29)14-21(20)30-23(32)12-13-24(33)34-15-22(31)18-8-6-17(7-9-18)16-4-2-1-3-5-16/h1-11,14H,12-13,15H2,(H,30,32). The Labute approximate surface area is 198 Å². The normalized spacial score (nSPS) is 11.1. The summed E-state index contributed by atoms with van der Waals surface area (Å²) in [6.07, 6.45) is -5.31. The molecule has 3 rings (SSSR count). The van der Waals surface area contributed by atoms with Crippen LogP contribution in [-0.2, 0) is 20.5 Å². The number of Topliss-reactive ketones (excluding diaryl/α,β-unsaturated/α-hetero) is 1. The van der Waals surface area contributed by atoms with Crippen molar-refractivity contribution < 1.29 is 32.3 Å². The number of halogens is 4. The van der Waals surface area contributed by atoms with Gasteiger partial charge in [-0.25, -0.2) is 0 Å². The maximum atomic E-state index is 12.8. The third-order valence-electron chi connectivity index (χ3n) is 4.80. The minimum Gasteiger partial charge on any atom is -0.457 e. The first-order chi connectivity index (χ1) is 16.1. The maximum absolute atomic E-state index is 12.8. The van der Waals surface area contributed by atoms with E-state index in [1.807, 2.05) is 30.3 Å². The van der Waals surface area contributed by atoms with E-state index < -0.39 is 36.0 Å². The molecule has 0 aliphatic rings. The highest BCUT2D eigenvalue weighted by molar-refractivity contribution is 6.33. The zero-order chi connectivity index (χ0) is 24.7.